The summed E-state index contributed by atoms with van der Waals surface area (Å²) in [5.41, 5.74) is 6.98. The van der Waals surface area contributed by atoms with E-state index in [4.69, 9.17) is 15.7 Å². The first-order valence-corrected chi connectivity index (χ1v) is 5.41. The zero-order valence-corrected chi connectivity index (χ0v) is 9.77. The number of pyridine rings is 1. The van der Waals surface area contributed by atoms with Crippen molar-refractivity contribution in [1.29, 1.82) is 5.26 Å². The summed E-state index contributed by atoms with van der Waals surface area (Å²) in [7, 11) is 0. The van der Waals surface area contributed by atoms with Gasteiger partial charge in [0.05, 0.1) is 35.8 Å². The second-order valence-electron chi connectivity index (χ2n) is 3.65. The quantitative estimate of drug-likeness (QED) is 0.619. The number of nitrogens with two attached hydrogens (primary N) is 1. The number of aryl methyl sites for hydroxylation is 1. The van der Waals surface area contributed by atoms with Gasteiger partial charge in [-0.25, -0.2) is 4.79 Å². The molecule has 0 fully saturated rings. The maximum atomic E-state index is 11.7. The molecule has 5 nitrogen and oxygen atoms in total. The fourth-order valence-electron chi connectivity index (χ4n) is 1.30. The predicted molar refractivity (Wildman–Crippen MR) is 63.1 cm³/mol. The van der Waals surface area contributed by atoms with Crippen molar-refractivity contribution >= 4 is 11.7 Å². The van der Waals surface area contributed by atoms with Gasteiger partial charge in [-0.1, -0.05) is 0 Å². The average molecular weight is 233 g/mol. The highest BCUT2D eigenvalue weighted by atomic mass is 16.5. The number of hydrogen-bond donors (Lipinski definition) is 1. The Kier molecular flexibility index (Phi) is 4.95. The van der Waals surface area contributed by atoms with Gasteiger partial charge in [0.2, 0.25) is 0 Å². The van der Waals surface area contributed by atoms with Crippen molar-refractivity contribution in [2.45, 2.75) is 26.2 Å². The third-order valence-corrected chi connectivity index (χ3v) is 2.24. The highest BCUT2D eigenvalue weighted by Gasteiger charge is 2.11. The van der Waals surface area contributed by atoms with E-state index in [2.05, 4.69) is 4.98 Å². The van der Waals surface area contributed by atoms with Crippen LogP contribution in [0.2, 0.25) is 0 Å². The summed E-state index contributed by atoms with van der Waals surface area (Å²) in [6.45, 7) is 2.04. The minimum Gasteiger partial charge on any atom is -0.462 e. The number of carbonyl (C=O) groups is 1. The Bertz CT molecular complexity index is 438. The van der Waals surface area contributed by atoms with E-state index in [9.17, 15) is 4.79 Å². The Labute approximate surface area is 100 Å². The summed E-state index contributed by atoms with van der Waals surface area (Å²) in [6.07, 6.45) is 3.40. The van der Waals surface area contributed by atoms with Gasteiger partial charge >= 0.3 is 5.97 Å². The van der Waals surface area contributed by atoms with Crippen LogP contribution in [0.4, 0.5) is 5.69 Å². The van der Waals surface area contributed by atoms with E-state index >= 15 is 0 Å². The van der Waals surface area contributed by atoms with Crippen LogP contribution in [-0.4, -0.2) is 17.6 Å². The summed E-state index contributed by atoms with van der Waals surface area (Å²) in [5.74, 6) is -0.417. The number of carbonyl (C=O) groups excluding carboxylic acids is 1. The standard InChI is InChI=1S/C12H15N3O2/c1-9-11(7-10(14)8-15-9)12(16)17-6-4-2-3-5-13/h7-8H,2-4,6,14H2,1H3. The van der Waals surface area contributed by atoms with E-state index in [1.165, 1.54) is 6.20 Å². The lowest BCUT2D eigenvalue weighted by atomic mass is 10.2. The van der Waals surface area contributed by atoms with Gasteiger partial charge in [0.15, 0.2) is 0 Å². The van der Waals surface area contributed by atoms with E-state index in [1.54, 1.807) is 13.0 Å². The van der Waals surface area contributed by atoms with Crippen molar-refractivity contribution < 1.29 is 9.53 Å². The third-order valence-electron chi connectivity index (χ3n) is 2.24. The number of nitrogens with zero attached hydrogens (tertiary/aromatic N) is 2. The largest absolute Gasteiger partial charge is 0.462 e. The number of ether oxygens (including phenoxy) is 1. The van der Waals surface area contributed by atoms with E-state index in [-0.39, 0.29) is 0 Å². The first-order valence-electron chi connectivity index (χ1n) is 5.41. The molecule has 0 aliphatic heterocycles. The minimum absolute atomic E-state index is 0.314. The SMILES string of the molecule is Cc1ncc(N)cc1C(=O)OCCCCC#N. The lowest BCUT2D eigenvalue weighted by molar-refractivity contribution is 0.0497. The van der Waals surface area contributed by atoms with Crippen molar-refractivity contribution in [1.82, 2.24) is 4.98 Å². The Morgan fingerprint density at radius 3 is 3.06 bits per heavy atom. The molecule has 0 saturated heterocycles. The van der Waals surface area contributed by atoms with Gasteiger partial charge in [0.1, 0.15) is 0 Å². The van der Waals surface area contributed by atoms with Crippen molar-refractivity contribution in [2.75, 3.05) is 12.3 Å². The molecular formula is C12H15N3O2. The number of anilines is 1. The van der Waals surface area contributed by atoms with Crippen LogP contribution in [0.25, 0.3) is 0 Å². The Morgan fingerprint density at radius 2 is 2.35 bits per heavy atom. The molecule has 2 N–H and O–H groups in total. The normalized spacial score (nSPS) is 9.65. The molecule has 5 heteroatoms. The molecule has 0 radical (unpaired) electrons. The lowest BCUT2D eigenvalue weighted by Crippen LogP contribution is -2.09. The van der Waals surface area contributed by atoms with Gasteiger partial charge in [-0.05, 0) is 25.8 Å². The molecule has 0 saturated carbocycles. The molecule has 0 amide bonds. The first-order chi connectivity index (χ1) is 8.15. The molecule has 1 aromatic heterocycles. The molecule has 0 aliphatic rings. The maximum Gasteiger partial charge on any atom is 0.340 e. The van der Waals surface area contributed by atoms with Crippen LogP contribution in [-0.2, 0) is 4.74 Å². The van der Waals surface area contributed by atoms with Crippen LogP contribution in [0.3, 0.4) is 0 Å². The topological polar surface area (TPSA) is 89.0 Å². The van der Waals surface area contributed by atoms with Crippen LogP contribution >= 0.6 is 0 Å². The van der Waals surface area contributed by atoms with Crippen LogP contribution < -0.4 is 5.73 Å². The highest BCUT2D eigenvalue weighted by Crippen LogP contribution is 2.11. The van der Waals surface area contributed by atoms with E-state index in [0.717, 1.165) is 6.42 Å². The van der Waals surface area contributed by atoms with Crippen LogP contribution in [0.5, 0.6) is 0 Å². The monoisotopic (exact) mass is 233 g/mol. The van der Waals surface area contributed by atoms with Crippen LogP contribution in [0.15, 0.2) is 12.3 Å². The van der Waals surface area contributed by atoms with Gasteiger partial charge in [0.25, 0.3) is 0 Å². The Morgan fingerprint density at radius 1 is 1.59 bits per heavy atom. The number of rotatable bonds is 5. The van der Waals surface area contributed by atoms with Gasteiger partial charge in [-0.3, -0.25) is 4.98 Å². The zero-order chi connectivity index (χ0) is 12.7. The smallest absolute Gasteiger partial charge is 0.340 e. The van der Waals surface area contributed by atoms with Crippen LogP contribution in [0, 0.1) is 18.3 Å². The molecule has 0 atom stereocenters. The van der Waals surface area contributed by atoms with Crippen molar-refractivity contribution in [3.8, 4) is 6.07 Å². The second kappa shape index (κ2) is 6.48. The summed E-state index contributed by atoms with van der Waals surface area (Å²) in [6, 6.07) is 3.59. The van der Waals surface area contributed by atoms with Crippen molar-refractivity contribution in [3.63, 3.8) is 0 Å². The molecule has 0 unspecified atom stereocenters. The number of hydrogen-bond acceptors (Lipinski definition) is 5. The van der Waals surface area contributed by atoms with Gasteiger partial charge in [0, 0.05) is 6.42 Å². The maximum absolute atomic E-state index is 11.7. The molecule has 1 heterocycles. The summed E-state index contributed by atoms with van der Waals surface area (Å²) in [5, 5.41) is 8.34. The number of unbranched alkanes of at least 4 members (excludes halogenated alkanes) is 2. The number of esters is 1. The van der Waals surface area contributed by atoms with Gasteiger partial charge in [-0.2, -0.15) is 5.26 Å². The van der Waals surface area contributed by atoms with E-state index in [1.807, 2.05) is 6.07 Å². The first kappa shape index (κ1) is 13.0. The Balaban J connectivity index is 2.47. The molecule has 90 valence electrons. The fourth-order valence-corrected chi connectivity index (χ4v) is 1.30. The third kappa shape index (κ3) is 4.11. The number of nitrogen functional groups attached to an aromatic ring is 1. The number of nitriles is 1. The number of aromatic nitrogens is 1. The zero-order valence-electron chi connectivity index (χ0n) is 9.77. The lowest BCUT2D eigenvalue weighted by Gasteiger charge is -2.06. The molecule has 0 aromatic carbocycles. The summed E-state index contributed by atoms with van der Waals surface area (Å²) >= 11 is 0. The molecule has 0 bridgehead atoms. The predicted octanol–water partition coefficient (Wildman–Crippen LogP) is 1.82. The minimum atomic E-state index is -0.417. The molecule has 0 aliphatic carbocycles. The Hall–Kier alpha value is -2.09. The van der Waals surface area contributed by atoms with E-state index in [0.29, 0.717) is 36.4 Å². The molecule has 1 rings (SSSR count). The van der Waals surface area contributed by atoms with Gasteiger partial charge < -0.3 is 10.5 Å². The molecular weight excluding hydrogens is 218 g/mol. The second-order valence-corrected chi connectivity index (χ2v) is 3.65. The van der Waals surface area contributed by atoms with Crippen LogP contribution in [0.1, 0.15) is 35.3 Å². The fraction of sp³-hybridized carbons (Fsp3) is 0.417. The van der Waals surface area contributed by atoms with E-state index < -0.39 is 5.97 Å². The van der Waals surface area contributed by atoms with Crippen molar-refractivity contribution in [3.05, 3.63) is 23.5 Å². The highest BCUT2D eigenvalue weighted by molar-refractivity contribution is 5.91. The van der Waals surface area contributed by atoms with Crippen molar-refractivity contribution in [2.24, 2.45) is 0 Å². The molecule has 1 aromatic rings. The average Bonchev–Trinajstić information content (AvgIpc) is 2.32. The van der Waals surface area contributed by atoms with Gasteiger partial charge in [-0.15, -0.1) is 0 Å². The summed E-state index contributed by atoms with van der Waals surface area (Å²) in [4.78, 5) is 15.7. The summed E-state index contributed by atoms with van der Waals surface area (Å²) < 4.78 is 5.07. The molecule has 0 spiro atoms. The molecule has 17 heavy (non-hydrogen) atoms.